The molecule has 0 aliphatic carbocycles. The first kappa shape index (κ1) is 20.8. The highest BCUT2D eigenvalue weighted by Crippen LogP contribution is 2.02. The zero-order chi connectivity index (χ0) is 17.8. The molecular weight excluding hydrogens is 312 g/mol. The largest absolute Gasteiger partial charge is 0.463 e. The molecule has 0 fully saturated rings. The van der Waals surface area contributed by atoms with E-state index in [-0.39, 0.29) is 26.4 Å². The van der Waals surface area contributed by atoms with Crippen molar-refractivity contribution in [1.82, 2.24) is 0 Å². The van der Waals surface area contributed by atoms with Crippen molar-refractivity contribution in [2.45, 2.75) is 39.9 Å². The van der Waals surface area contributed by atoms with Crippen LogP contribution in [0, 0.1) is 0 Å². The average molecular weight is 334 g/mol. The Labute approximate surface area is 134 Å². The maximum atomic E-state index is 11.0. The molecule has 0 aromatic carbocycles. The van der Waals surface area contributed by atoms with Crippen LogP contribution in [-0.2, 0) is 42.9 Å². The summed E-state index contributed by atoms with van der Waals surface area (Å²) in [6.45, 7) is 4.30. The van der Waals surface area contributed by atoms with Crippen LogP contribution in [0.5, 0.6) is 0 Å². The Hall–Kier alpha value is -2.16. The van der Waals surface area contributed by atoms with Crippen LogP contribution in [0.4, 0.5) is 0 Å². The van der Waals surface area contributed by atoms with Gasteiger partial charge in [-0.15, -0.1) is 0 Å². The highest BCUT2D eigenvalue weighted by Gasteiger charge is 2.19. The first-order valence-electron chi connectivity index (χ1n) is 6.89. The molecule has 0 amide bonds. The molecule has 9 heteroatoms. The van der Waals surface area contributed by atoms with E-state index in [0.29, 0.717) is 0 Å². The summed E-state index contributed by atoms with van der Waals surface area (Å²) in [5.41, 5.74) is 0. The second kappa shape index (κ2) is 11.4. The fraction of sp³-hybridized carbons (Fsp3) is 0.714. The van der Waals surface area contributed by atoms with Crippen LogP contribution < -0.4 is 0 Å². The highest BCUT2D eigenvalue weighted by molar-refractivity contribution is 5.67. The van der Waals surface area contributed by atoms with Gasteiger partial charge in [-0.05, 0) is 0 Å². The maximum Gasteiger partial charge on any atom is 0.303 e. The van der Waals surface area contributed by atoms with Crippen molar-refractivity contribution in [2.24, 2.45) is 0 Å². The molecule has 0 saturated heterocycles. The molecule has 0 aromatic heterocycles. The van der Waals surface area contributed by atoms with Crippen LogP contribution in [0.15, 0.2) is 0 Å². The highest BCUT2D eigenvalue weighted by atomic mass is 16.6. The van der Waals surface area contributed by atoms with Crippen molar-refractivity contribution in [3.8, 4) is 0 Å². The number of hydrogen-bond donors (Lipinski definition) is 0. The normalized spacial score (nSPS) is 11.5. The Balaban J connectivity index is 4.51. The third-order valence-corrected chi connectivity index (χ3v) is 2.27. The van der Waals surface area contributed by atoms with Gasteiger partial charge in [0.05, 0.1) is 6.61 Å². The van der Waals surface area contributed by atoms with Gasteiger partial charge in [0.2, 0.25) is 0 Å². The molecule has 0 spiro atoms. The Morgan fingerprint density at radius 2 is 1.00 bits per heavy atom. The number of carbonyl (C=O) groups is 4. The molecule has 0 rings (SSSR count). The quantitative estimate of drug-likeness (QED) is 0.402. The first-order valence-corrected chi connectivity index (χ1v) is 6.89. The molecule has 0 unspecified atom stereocenters. The summed E-state index contributed by atoms with van der Waals surface area (Å²) in [7, 11) is 0. The summed E-state index contributed by atoms with van der Waals surface area (Å²) in [5.74, 6) is -2.13. The van der Waals surface area contributed by atoms with Gasteiger partial charge in [-0.1, -0.05) is 0 Å². The molecule has 9 nitrogen and oxygen atoms in total. The van der Waals surface area contributed by atoms with E-state index in [9.17, 15) is 19.2 Å². The Kier molecular flexibility index (Phi) is 10.3. The van der Waals surface area contributed by atoms with Gasteiger partial charge >= 0.3 is 23.9 Å². The van der Waals surface area contributed by atoms with E-state index < -0.39 is 36.1 Å². The summed E-state index contributed by atoms with van der Waals surface area (Å²) in [4.78, 5) is 43.5. The van der Waals surface area contributed by atoms with Crippen molar-refractivity contribution in [3.63, 3.8) is 0 Å². The molecule has 0 radical (unpaired) electrons. The predicted molar refractivity (Wildman–Crippen MR) is 75.2 cm³/mol. The molecule has 1 atom stereocenters. The van der Waals surface area contributed by atoms with E-state index in [2.05, 4.69) is 0 Å². The van der Waals surface area contributed by atoms with Crippen molar-refractivity contribution >= 4 is 23.9 Å². The monoisotopic (exact) mass is 334 g/mol. The Morgan fingerprint density at radius 1 is 0.609 bits per heavy atom. The number of carbonyl (C=O) groups excluding carboxylic acids is 4. The van der Waals surface area contributed by atoms with Gasteiger partial charge in [-0.2, -0.15) is 0 Å². The summed E-state index contributed by atoms with van der Waals surface area (Å²) < 4.78 is 24.7. The lowest BCUT2D eigenvalue weighted by Gasteiger charge is -2.21. The smallest absolute Gasteiger partial charge is 0.303 e. The summed E-state index contributed by atoms with van der Waals surface area (Å²) >= 11 is 0. The molecule has 23 heavy (non-hydrogen) atoms. The van der Waals surface area contributed by atoms with Crippen molar-refractivity contribution in [1.29, 1.82) is 0 Å². The van der Waals surface area contributed by atoms with Crippen molar-refractivity contribution < 1.29 is 42.9 Å². The van der Waals surface area contributed by atoms with Crippen LogP contribution >= 0.6 is 0 Å². The van der Waals surface area contributed by atoms with E-state index in [1.165, 1.54) is 27.7 Å². The second-order valence-electron chi connectivity index (χ2n) is 4.59. The van der Waals surface area contributed by atoms with Crippen LogP contribution in [0.1, 0.15) is 27.7 Å². The first-order chi connectivity index (χ1) is 10.7. The van der Waals surface area contributed by atoms with Crippen LogP contribution in [0.25, 0.3) is 0 Å². The van der Waals surface area contributed by atoms with Gasteiger partial charge in [-0.3, -0.25) is 19.2 Å². The number of ether oxygens (including phenoxy) is 5. The minimum atomic E-state index is -0.825. The molecule has 0 aliphatic rings. The Morgan fingerprint density at radius 3 is 1.35 bits per heavy atom. The summed E-state index contributed by atoms with van der Waals surface area (Å²) in [5, 5.41) is 0. The number of rotatable bonds is 10. The van der Waals surface area contributed by atoms with Gasteiger partial charge in [0.15, 0.2) is 6.10 Å². The molecule has 0 aromatic rings. The lowest BCUT2D eigenvalue weighted by Crippen LogP contribution is -2.34. The van der Waals surface area contributed by atoms with Gasteiger partial charge in [0, 0.05) is 27.7 Å². The molecule has 0 heterocycles. The summed E-state index contributed by atoms with van der Waals surface area (Å²) in [6.07, 6.45) is -1.56. The minimum absolute atomic E-state index is 0.125. The lowest BCUT2D eigenvalue weighted by atomic mass is 10.3. The lowest BCUT2D eigenvalue weighted by molar-refractivity contribution is -0.166. The van der Waals surface area contributed by atoms with E-state index in [1.54, 1.807) is 0 Å². The van der Waals surface area contributed by atoms with Gasteiger partial charge in [0.25, 0.3) is 0 Å². The number of hydrogen-bond acceptors (Lipinski definition) is 9. The maximum absolute atomic E-state index is 11.0. The Bertz CT molecular complexity index is 400. The zero-order valence-corrected chi connectivity index (χ0v) is 13.7. The van der Waals surface area contributed by atoms with Crippen molar-refractivity contribution in [2.75, 3.05) is 26.4 Å². The number of esters is 4. The fourth-order valence-electron chi connectivity index (χ4n) is 1.37. The molecular formula is C14H22O9. The molecule has 0 aliphatic heterocycles. The van der Waals surface area contributed by atoms with E-state index >= 15 is 0 Å². The van der Waals surface area contributed by atoms with Crippen LogP contribution in [0.3, 0.4) is 0 Å². The van der Waals surface area contributed by atoms with E-state index in [1.807, 2.05) is 0 Å². The SMILES string of the molecule is CC(=O)OCC(COC(C)=O)OC[C@@H](COC(C)=O)OC(C)=O. The van der Waals surface area contributed by atoms with Gasteiger partial charge in [0.1, 0.15) is 25.9 Å². The van der Waals surface area contributed by atoms with Crippen molar-refractivity contribution in [3.05, 3.63) is 0 Å². The minimum Gasteiger partial charge on any atom is -0.463 e. The third kappa shape index (κ3) is 13.2. The van der Waals surface area contributed by atoms with Gasteiger partial charge in [-0.25, -0.2) is 0 Å². The third-order valence-electron chi connectivity index (χ3n) is 2.27. The van der Waals surface area contributed by atoms with Crippen LogP contribution in [-0.4, -0.2) is 62.5 Å². The predicted octanol–water partition coefficient (Wildman–Crippen LogP) is -0.00740. The zero-order valence-electron chi connectivity index (χ0n) is 13.7. The molecule has 0 N–H and O–H groups in total. The average Bonchev–Trinajstić information content (AvgIpc) is 2.42. The molecule has 0 bridgehead atoms. The molecule has 132 valence electrons. The van der Waals surface area contributed by atoms with Gasteiger partial charge < -0.3 is 23.7 Å². The standard InChI is InChI=1S/C14H22O9/c1-9(15)19-5-13(6-20-10(2)16)22-8-14(23-12(4)18)7-21-11(3)17/h13-14H,5-8H2,1-4H3/t14-/m1/s1. The fourth-order valence-corrected chi connectivity index (χ4v) is 1.37. The second-order valence-corrected chi connectivity index (χ2v) is 4.59. The van der Waals surface area contributed by atoms with E-state index in [0.717, 1.165) is 0 Å². The topological polar surface area (TPSA) is 114 Å². The molecule has 0 saturated carbocycles. The van der Waals surface area contributed by atoms with Crippen LogP contribution in [0.2, 0.25) is 0 Å². The summed E-state index contributed by atoms with van der Waals surface area (Å²) in [6, 6.07) is 0. The van der Waals surface area contributed by atoms with E-state index in [4.69, 9.17) is 23.7 Å².